The third-order valence-electron chi connectivity index (χ3n) is 7.34. The standard InChI is InChI=1S/C34H44N2O/c1-27(2)19-24-36(31-15-17-33(18-16-31)37-26-29-9-7-6-8-10-29)32-20-22-35(23-21-32)25-28-11-13-30(14-12-28)34(3,4)5/h6-19,32H,20-26H2,1-5H3. The van der Waals surface area contributed by atoms with E-state index in [9.17, 15) is 0 Å². The Morgan fingerprint density at radius 1 is 0.865 bits per heavy atom. The lowest BCUT2D eigenvalue weighted by Gasteiger charge is -2.39. The Kier molecular flexibility index (Phi) is 9.10. The first-order valence-electron chi connectivity index (χ1n) is 13.8. The zero-order chi connectivity index (χ0) is 26.3. The number of ether oxygens (including phenoxy) is 1. The molecule has 0 bridgehead atoms. The van der Waals surface area contributed by atoms with Crippen molar-refractivity contribution in [2.75, 3.05) is 24.5 Å². The molecule has 0 radical (unpaired) electrons. The van der Waals surface area contributed by atoms with Crippen LogP contribution in [0, 0.1) is 0 Å². The Labute approximate surface area is 224 Å². The summed E-state index contributed by atoms with van der Waals surface area (Å²) in [4.78, 5) is 5.20. The summed E-state index contributed by atoms with van der Waals surface area (Å²) in [7, 11) is 0. The van der Waals surface area contributed by atoms with Gasteiger partial charge in [0, 0.05) is 37.9 Å². The predicted octanol–water partition coefficient (Wildman–Crippen LogP) is 8.00. The second-order valence-corrected chi connectivity index (χ2v) is 11.7. The topological polar surface area (TPSA) is 15.7 Å². The van der Waals surface area contributed by atoms with E-state index in [2.05, 4.69) is 123 Å². The first-order valence-corrected chi connectivity index (χ1v) is 13.8. The lowest BCUT2D eigenvalue weighted by atomic mass is 9.86. The van der Waals surface area contributed by atoms with E-state index in [1.807, 2.05) is 6.07 Å². The van der Waals surface area contributed by atoms with E-state index in [0.717, 1.165) is 31.9 Å². The number of hydrogen-bond donors (Lipinski definition) is 0. The second kappa shape index (κ2) is 12.5. The molecule has 0 unspecified atom stereocenters. The summed E-state index contributed by atoms with van der Waals surface area (Å²) in [6.07, 6.45) is 4.72. The van der Waals surface area contributed by atoms with E-state index in [1.165, 1.54) is 40.8 Å². The number of anilines is 1. The third kappa shape index (κ3) is 7.97. The molecule has 0 amide bonds. The van der Waals surface area contributed by atoms with E-state index >= 15 is 0 Å². The van der Waals surface area contributed by atoms with Gasteiger partial charge in [0.15, 0.2) is 0 Å². The van der Waals surface area contributed by atoms with Gasteiger partial charge in [-0.15, -0.1) is 0 Å². The highest BCUT2D eigenvalue weighted by molar-refractivity contribution is 5.51. The molecule has 1 aliphatic heterocycles. The van der Waals surface area contributed by atoms with Crippen molar-refractivity contribution in [1.82, 2.24) is 4.90 Å². The van der Waals surface area contributed by atoms with Gasteiger partial charge in [-0.3, -0.25) is 4.90 Å². The number of allylic oxidation sites excluding steroid dienone is 1. The van der Waals surface area contributed by atoms with Crippen LogP contribution in [0.2, 0.25) is 0 Å². The molecular weight excluding hydrogens is 452 g/mol. The van der Waals surface area contributed by atoms with Crippen LogP contribution < -0.4 is 9.64 Å². The third-order valence-corrected chi connectivity index (χ3v) is 7.34. The minimum Gasteiger partial charge on any atom is -0.489 e. The van der Waals surface area contributed by atoms with Gasteiger partial charge in [0.1, 0.15) is 12.4 Å². The average molecular weight is 497 g/mol. The van der Waals surface area contributed by atoms with E-state index < -0.39 is 0 Å². The summed E-state index contributed by atoms with van der Waals surface area (Å²) < 4.78 is 6.03. The molecule has 0 saturated carbocycles. The van der Waals surface area contributed by atoms with Gasteiger partial charge in [-0.05, 0) is 73.1 Å². The lowest BCUT2D eigenvalue weighted by molar-refractivity contribution is 0.202. The van der Waals surface area contributed by atoms with Gasteiger partial charge in [0.2, 0.25) is 0 Å². The number of piperidine rings is 1. The summed E-state index contributed by atoms with van der Waals surface area (Å²) >= 11 is 0. The molecule has 37 heavy (non-hydrogen) atoms. The fraction of sp³-hybridized carbons (Fsp3) is 0.412. The molecule has 0 aromatic heterocycles. The summed E-state index contributed by atoms with van der Waals surface area (Å²) in [6.45, 7) is 16.1. The fourth-order valence-electron chi connectivity index (χ4n) is 4.98. The molecule has 3 heteroatoms. The normalized spacial score (nSPS) is 14.8. The fourth-order valence-corrected chi connectivity index (χ4v) is 4.98. The minimum absolute atomic E-state index is 0.206. The Morgan fingerprint density at radius 3 is 2.11 bits per heavy atom. The summed E-state index contributed by atoms with van der Waals surface area (Å²) in [6, 6.07) is 28.8. The first-order chi connectivity index (χ1) is 17.8. The monoisotopic (exact) mass is 496 g/mol. The van der Waals surface area contributed by atoms with Crippen LogP contribution in [-0.2, 0) is 18.6 Å². The number of benzene rings is 3. The maximum absolute atomic E-state index is 6.03. The molecule has 196 valence electrons. The zero-order valence-electron chi connectivity index (χ0n) is 23.4. The van der Waals surface area contributed by atoms with Crippen LogP contribution in [0.3, 0.4) is 0 Å². The van der Waals surface area contributed by atoms with Crippen molar-refractivity contribution < 1.29 is 4.74 Å². The van der Waals surface area contributed by atoms with Crippen molar-refractivity contribution in [2.45, 2.75) is 72.1 Å². The Balaban J connectivity index is 1.36. The number of likely N-dealkylation sites (tertiary alicyclic amines) is 1. The quantitative estimate of drug-likeness (QED) is 0.279. The highest BCUT2D eigenvalue weighted by atomic mass is 16.5. The van der Waals surface area contributed by atoms with Gasteiger partial charge in [0.25, 0.3) is 0 Å². The van der Waals surface area contributed by atoms with Crippen LogP contribution in [0.25, 0.3) is 0 Å². The van der Waals surface area contributed by atoms with E-state index in [1.54, 1.807) is 0 Å². The van der Waals surface area contributed by atoms with Crippen LogP contribution in [0.5, 0.6) is 5.75 Å². The second-order valence-electron chi connectivity index (χ2n) is 11.7. The molecule has 0 N–H and O–H groups in total. The SMILES string of the molecule is CC(C)=CCN(c1ccc(OCc2ccccc2)cc1)C1CCN(Cc2ccc(C(C)(C)C)cc2)CC1. The van der Waals surface area contributed by atoms with Gasteiger partial charge >= 0.3 is 0 Å². The lowest BCUT2D eigenvalue weighted by Crippen LogP contribution is -2.45. The van der Waals surface area contributed by atoms with Crippen LogP contribution in [0.4, 0.5) is 5.69 Å². The molecule has 0 aliphatic carbocycles. The van der Waals surface area contributed by atoms with E-state index in [0.29, 0.717) is 12.6 Å². The minimum atomic E-state index is 0.206. The van der Waals surface area contributed by atoms with Crippen molar-refractivity contribution in [3.05, 3.63) is 107 Å². The molecule has 3 aromatic carbocycles. The maximum atomic E-state index is 6.03. The average Bonchev–Trinajstić information content (AvgIpc) is 2.89. The van der Waals surface area contributed by atoms with Crippen molar-refractivity contribution >= 4 is 5.69 Å². The van der Waals surface area contributed by atoms with Gasteiger partial charge < -0.3 is 9.64 Å². The van der Waals surface area contributed by atoms with Crippen molar-refractivity contribution in [3.8, 4) is 5.75 Å². The highest BCUT2D eigenvalue weighted by Gasteiger charge is 2.25. The molecule has 4 rings (SSSR count). The summed E-state index contributed by atoms with van der Waals surface area (Å²) in [5.41, 5.74) is 6.86. The zero-order valence-corrected chi connectivity index (χ0v) is 23.4. The largest absolute Gasteiger partial charge is 0.489 e. The van der Waals surface area contributed by atoms with Crippen LogP contribution in [-0.4, -0.2) is 30.6 Å². The van der Waals surface area contributed by atoms with Crippen molar-refractivity contribution in [1.29, 1.82) is 0 Å². The van der Waals surface area contributed by atoms with Gasteiger partial charge in [0.05, 0.1) is 0 Å². The predicted molar refractivity (Wildman–Crippen MR) is 157 cm³/mol. The van der Waals surface area contributed by atoms with Crippen LogP contribution in [0.15, 0.2) is 90.5 Å². The molecule has 1 fully saturated rings. The highest BCUT2D eigenvalue weighted by Crippen LogP contribution is 2.28. The molecule has 1 aliphatic rings. The van der Waals surface area contributed by atoms with Crippen LogP contribution >= 0.6 is 0 Å². The maximum Gasteiger partial charge on any atom is 0.119 e. The molecule has 0 atom stereocenters. The van der Waals surface area contributed by atoms with E-state index in [-0.39, 0.29) is 5.41 Å². The van der Waals surface area contributed by atoms with Crippen LogP contribution in [0.1, 0.15) is 64.2 Å². The Morgan fingerprint density at radius 2 is 1.51 bits per heavy atom. The smallest absolute Gasteiger partial charge is 0.119 e. The molecule has 1 saturated heterocycles. The molecule has 1 heterocycles. The van der Waals surface area contributed by atoms with Gasteiger partial charge in [-0.2, -0.15) is 0 Å². The molecular formula is C34H44N2O. The van der Waals surface area contributed by atoms with Gasteiger partial charge in [-0.1, -0.05) is 87.0 Å². The molecule has 3 nitrogen and oxygen atoms in total. The van der Waals surface area contributed by atoms with Gasteiger partial charge in [-0.25, -0.2) is 0 Å². The number of rotatable bonds is 9. The summed E-state index contributed by atoms with van der Waals surface area (Å²) in [5.74, 6) is 0.919. The molecule has 3 aromatic rings. The van der Waals surface area contributed by atoms with Crippen molar-refractivity contribution in [3.63, 3.8) is 0 Å². The number of nitrogens with zero attached hydrogens (tertiary/aromatic N) is 2. The van der Waals surface area contributed by atoms with E-state index in [4.69, 9.17) is 4.74 Å². The number of hydrogen-bond acceptors (Lipinski definition) is 3. The Hall–Kier alpha value is -3.04. The first kappa shape index (κ1) is 27.0. The summed E-state index contributed by atoms with van der Waals surface area (Å²) in [5, 5.41) is 0. The molecule has 0 spiro atoms. The van der Waals surface area contributed by atoms with Crippen molar-refractivity contribution in [2.24, 2.45) is 0 Å². The Bertz CT molecular complexity index is 1120.